The number of amides is 2. The fourth-order valence-corrected chi connectivity index (χ4v) is 3.44. The Kier molecular flexibility index (Phi) is 4.19. The molecule has 1 aromatic rings. The number of rotatable bonds is 3. The van der Waals surface area contributed by atoms with Gasteiger partial charge in [0.1, 0.15) is 6.04 Å². The molecule has 1 atom stereocenters. The van der Waals surface area contributed by atoms with Crippen molar-refractivity contribution in [3.63, 3.8) is 0 Å². The van der Waals surface area contributed by atoms with Gasteiger partial charge in [0, 0.05) is 18.2 Å². The summed E-state index contributed by atoms with van der Waals surface area (Å²) in [5, 5.41) is 2.97. The van der Waals surface area contributed by atoms with Crippen molar-refractivity contribution in [1.29, 1.82) is 0 Å². The van der Waals surface area contributed by atoms with E-state index in [9.17, 15) is 9.59 Å². The summed E-state index contributed by atoms with van der Waals surface area (Å²) < 4.78 is 0. The molecule has 1 aliphatic heterocycles. The first kappa shape index (κ1) is 15.1. The van der Waals surface area contributed by atoms with Crippen molar-refractivity contribution in [3.05, 3.63) is 29.3 Å². The quantitative estimate of drug-likeness (QED) is 0.933. The highest BCUT2D eigenvalue weighted by molar-refractivity contribution is 6.01. The van der Waals surface area contributed by atoms with Gasteiger partial charge in [0.25, 0.3) is 0 Å². The summed E-state index contributed by atoms with van der Waals surface area (Å²) in [4.78, 5) is 26.6. The van der Waals surface area contributed by atoms with E-state index in [1.54, 1.807) is 4.90 Å². The van der Waals surface area contributed by atoms with Crippen molar-refractivity contribution in [2.24, 2.45) is 5.92 Å². The number of nitrogens with one attached hydrogen (secondary N) is 1. The Balaban J connectivity index is 1.66. The van der Waals surface area contributed by atoms with E-state index >= 15 is 0 Å². The van der Waals surface area contributed by atoms with Gasteiger partial charge in [-0.25, -0.2) is 0 Å². The van der Waals surface area contributed by atoms with E-state index < -0.39 is 0 Å². The van der Waals surface area contributed by atoms with E-state index in [-0.39, 0.29) is 23.8 Å². The minimum absolute atomic E-state index is 0.0228. The van der Waals surface area contributed by atoms with Crippen LogP contribution in [0.15, 0.2) is 18.2 Å². The van der Waals surface area contributed by atoms with Crippen molar-refractivity contribution < 1.29 is 9.59 Å². The molecule has 118 valence electrons. The second-order valence-electron chi connectivity index (χ2n) is 6.59. The number of nitrogens with zero attached hydrogens (tertiary/aromatic N) is 1. The Hall–Kier alpha value is -1.84. The van der Waals surface area contributed by atoms with Gasteiger partial charge in [-0.2, -0.15) is 0 Å². The van der Waals surface area contributed by atoms with Crippen molar-refractivity contribution in [1.82, 2.24) is 5.32 Å². The van der Waals surface area contributed by atoms with Crippen LogP contribution in [-0.4, -0.2) is 24.4 Å². The van der Waals surface area contributed by atoms with E-state index in [4.69, 9.17) is 0 Å². The zero-order valence-electron chi connectivity index (χ0n) is 13.4. The van der Waals surface area contributed by atoms with Crippen LogP contribution in [0, 0.1) is 19.8 Å². The lowest BCUT2D eigenvalue weighted by Crippen LogP contribution is -2.43. The molecule has 2 aliphatic rings. The summed E-state index contributed by atoms with van der Waals surface area (Å²) in [6, 6.07) is 5.73. The second-order valence-corrected chi connectivity index (χ2v) is 6.59. The average Bonchev–Trinajstić information content (AvgIpc) is 3.13. The van der Waals surface area contributed by atoms with E-state index in [1.165, 1.54) is 11.1 Å². The highest BCUT2D eigenvalue weighted by Crippen LogP contribution is 2.27. The molecule has 22 heavy (non-hydrogen) atoms. The van der Waals surface area contributed by atoms with Crippen molar-refractivity contribution >= 4 is 17.5 Å². The van der Waals surface area contributed by atoms with Gasteiger partial charge in [-0.3, -0.25) is 9.59 Å². The molecule has 1 N–H and O–H groups in total. The zero-order valence-corrected chi connectivity index (χ0v) is 13.4. The highest BCUT2D eigenvalue weighted by atomic mass is 16.2. The van der Waals surface area contributed by atoms with E-state index in [1.807, 2.05) is 12.1 Å². The molecule has 1 aliphatic carbocycles. The minimum atomic E-state index is -0.352. The smallest absolute Gasteiger partial charge is 0.249 e. The maximum Gasteiger partial charge on any atom is 0.249 e. The monoisotopic (exact) mass is 300 g/mol. The molecule has 0 aromatic heterocycles. The zero-order chi connectivity index (χ0) is 15.7. The molecule has 4 nitrogen and oxygen atoms in total. The molecule has 0 unspecified atom stereocenters. The summed E-state index contributed by atoms with van der Waals surface area (Å²) in [6.07, 6.45) is 4.89. The molecular weight excluding hydrogens is 276 g/mol. The number of benzene rings is 1. The van der Waals surface area contributed by atoms with Crippen LogP contribution in [0.2, 0.25) is 0 Å². The Morgan fingerprint density at radius 2 is 1.86 bits per heavy atom. The molecule has 1 saturated heterocycles. The number of anilines is 1. The largest absolute Gasteiger partial charge is 0.344 e. The molecular formula is C18H24N2O2. The molecule has 1 saturated carbocycles. The lowest BCUT2D eigenvalue weighted by molar-refractivity contribution is -0.129. The normalized spacial score (nSPS) is 22.4. The molecule has 1 aromatic carbocycles. The average molecular weight is 300 g/mol. The summed E-state index contributed by atoms with van der Waals surface area (Å²) in [7, 11) is 0. The van der Waals surface area contributed by atoms with Gasteiger partial charge in [0.15, 0.2) is 0 Å². The first-order chi connectivity index (χ1) is 10.6. The van der Waals surface area contributed by atoms with Gasteiger partial charge in [0.05, 0.1) is 0 Å². The molecule has 0 radical (unpaired) electrons. The van der Waals surface area contributed by atoms with Gasteiger partial charge in [-0.15, -0.1) is 0 Å². The highest BCUT2D eigenvalue weighted by Gasteiger charge is 2.35. The van der Waals surface area contributed by atoms with Gasteiger partial charge in [-0.05, 0) is 56.4 Å². The Bertz CT molecular complexity index is 591. The Labute approximate surface area is 131 Å². The van der Waals surface area contributed by atoms with Crippen molar-refractivity contribution in [3.8, 4) is 0 Å². The Morgan fingerprint density at radius 1 is 1.14 bits per heavy atom. The maximum atomic E-state index is 12.6. The third-order valence-corrected chi connectivity index (χ3v) is 5.05. The van der Waals surface area contributed by atoms with Crippen molar-refractivity contribution in [2.75, 3.05) is 11.4 Å². The van der Waals surface area contributed by atoms with Crippen LogP contribution >= 0.6 is 0 Å². The molecule has 0 spiro atoms. The number of carbonyl (C=O) groups is 2. The summed E-state index contributed by atoms with van der Waals surface area (Å²) in [5.41, 5.74) is 3.34. The van der Waals surface area contributed by atoms with Gasteiger partial charge in [-0.1, -0.05) is 18.9 Å². The topological polar surface area (TPSA) is 49.4 Å². The standard InChI is InChI=1S/C18H24N2O2/c1-12-7-8-15(11-13(12)2)20-10-9-16(18(20)22)19-17(21)14-5-3-4-6-14/h7-8,11,14,16H,3-6,9-10H2,1-2H3,(H,19,21)/t16-/m0/s1. The molecule has 0 bridgehead atoms. The predicted molar refractivity (Wildman–Crippen MR) is 86.8 cm³/mol. The van der Waals surface area contributed by atoms with Crippen LogP contribution < -0.4 is 10.2 Å². The molecule has 2 amide bonds. The molecule has 3 rings (SSSR count). The third kappa shape index (κ3) is 2.87. The van der Waals surface area contributed by atoms with E-state index in [2.05, 4.69) is 25.2 Å². The van der Waals surface area contributed by atoms with Crippen LogP contribution in [0.1, 0.15) is 43.2 Å². The number of hydrogen-bond acceptors (Lipinski definition) is 2. The number of aryl methyl sites for hydroxylation is 2. The van der Waals surface area contributed by atoms with Gasteiger partial charge < -0.3 is 10.2 Å². The first-order valence-electron chi connectivity index (χ1n) is 8.25. The van der Waals surface area contributed by atoms with Crippen LogP contribution in [0.25, 0.3) is 0 Å². The predicted octanol–water partition coefficient (Wildman–Crippen LogP) is 2.72. The summed E-state index contributed by atoms with van der Waals surface area (Å²) in [5.74, 6) is 0.204. The SMILES string of the molecule is Cc1ccc(N2CC[C@H](NC(=O)C3CCCC3)C2=O)cc1C. The lowest BCUT2D eigenvalue weighted by Gasteiger charge is -2.19. The lowest BCUT2D eigenvalue weighted by atomic mass is 10.1. The second kappa shape index (κ2) is 6.11. The number of carbonyl (C=O) groups excluding carboxylic acids is 2. The Morgan fingerprint density at radius 3 is 2.55 bits per heavy atom. The van der Waals surface area contributed by atoms with Gasteiger partial charge >= 0.3 is 0 Å². The third-order valence-electron chi connectivity index (χ3n) is 5.05. The van der Waals surface area contributed by atoms with Crippen molar-refractivity contribution in [2.45, 2.75) is 52.0 Å². The molecule has 2 fully saturated rings. The summed E-state index contributed by atoms with van der Waals surface area (Å²) >= 11 is 0. The number of hydrogen-bond donors (Lipinski definition) is 1. The fourth-order valence-electron chi connectivity index (χ4n) is 3.44. The molecule has 1 heterocycles. The maximum absolute atomic E-state index is 12.6. The molecule has 4 heteroatoms. The van der Waals surface area contributed by atoms with Crippen LogP contribution in [0.3, 0.4) is 0 Å². The fraction of sp³-hybridized carbons (Fsp3) is 0.556. The van der Waals surface area contributed by atoms with Gasteiger partial charge in [0.2, 0.25) is 11.8 Å². The van der Waals surface area contributed by atoms with Crippen LogP contribution in [0.4, 0.5) is 5.69 Å². The van der Waals surface area contributed by atoms with E-state index in [0.717, 1.165) is 31.4 Å². The minimum Gasteiger partial charge on any atom is -0.344 e. The summed E-state index contributed by atoms with van der Waals surface area (Å²) in [6.45, 7) is 4.80. The first-order valence-corrected chi connectivity index (χ1v) is 8.25. The van der Waals surface area contributed by atoms with E-state index in [0.29, 0.717) is 13.0 Å². The van der Waals surface area contributed by atoms with Crippen LogP contribution in [-0.2, 0) is 9.59 Å². The van der Waals surface area contributed by atoms with Crippen LogP contribution in [0.5, 0.6) is 0 Å².